The lowest BCUT2D eigenvalue weighted by Crippen LogP contribution is -2.44. The fourth-order valence-electron chi connectivity index (χ4n) is 36.5. The molecule has 22 aliphatic rings. The Labute approximate surface area is 781 Å². The summed E-state index contributed by atoms with van der Waals surface area (Å²) in [5, 5.41) is 0. The van der Waals surface area contributed by atoms with Crippen LogP contribution in [-0.4, -0.2) is 0 Å². The smallest absolute Gasteiger partial charge is 0.00532 e. The van der Waals surface area contributed by atoms with Crippen LogP contribution in [0.2, 0.25) is 0 Å². The molecule has 18 saturated carbocycles. The molecule has 22 rings (SSSR count). The molecule has 22 aliphatic carbocycles. The van der Waals surface area contributed by atoms with Gasteiger partial charge < -0.3 is 0 Å². The summed E-state index contributed by atoms with van der Waals surface area (Å²) >= 11 is 0. The van der Waals surface area contributed by atoms with Gasteiger partial charge in [-0.2, -0.15) is 0 Å². The maximum atomic E-state index is 4.46. The summed E-state index contributed by atoms with van der Waals surface area (Å²) in [5.41, 5.74) is 26.5. The average Bonchev–Trinajstić information content (AvgIpc) is 1.51. The van der Waals surface area contributed by atoms with Gasteiger partial charge in [-0.3, -0.25) is 0 Å². The summed E-state index contributed by atoms with van der Waals surface area (Å²) in [7, 11) is 0. The van der Waals surface area contributed by atoms with E-state index in [2.05, 4.69) is 236 Å². The molecule has 0 heterocycles. The monoisotopic (exact) mass is 1710 g/mol. The van der Waals surface area contributed by atoms with E-state index in [4.69, 9.17) is 0 Å². The van der Waals surface area contributed by atoms with Crippen molar-refractivity contribution in [2.75, 3.05) is 0 Å². The van der Waals surface area contributed by atoms with Crippen LogP contribution in [0.4, 0.5) is 0 Å². The largest absolute Gasteiger partial charge is 0.0999 e. The molecule has 0 aromatic rings. The van der Waals surface area contributed by atoms with Crippen molar-refractivity contribution in [1.29, 1.82) is 0 Å². The number of hydrogen-bond acceptors (Lipinski definition) is 0. The van der Waals surface area contributed by atoms with Gasteiger partial charge in [0.2, 0.25) is 0 Å². The Morgan fingerprint density at radius 3 is 1.72 bits per heavy atom. The highest BCUT2D eigenvalue weighted by atomic mass is 14.8. The molecular weight excluding hydrogens is 1510 g/mol. The van der Waals surface area contributed by atoms with Crippen molar-refractivity contribution in [1.82, 2.24) is 0 Å². The highest BCUT2D eigenvalue weighted by Gasteiger charge is 2.71. The highest BCUT2D eigenvalue weighted by Crippen LogP contribution is 2.80. The molecule has 10 bridgehead atoms. The summed E-state index contributed by atoms with van der Waals surface area (Å²) < 4.78 is 0. The van der Waals surface area contributed by atoms with E-state index in [-0.39, 0.29) is 0 Å². The Bertz CT molecular complexity index is 4150. The van der Waals surface area contributed by atoms with E-state index < -0.39 is 0 Å². The molecule has 0 saturated heterocycles. The molecular formula is C126H200. The molecule has 0 amide bonds. The Balaban J connectivity index is 0.000000115. The van der Waals surface area contributed by atoms with Crippen LogP contribution in [0.3, 0.4) is 0 Å². The molecule has 0 aliphatic heterocycles. The van der Waals surface area contributed by atoms with Crippen LogP contribution in [0, 0.1) is 190 Å². The first-order chi connectivity index (χ1) is 59.2. The van der Waals surface area contributed by atoms with Gasteiger partial charge in [0.1, 0.15) is 0 Å². The van der Waals surface area contributed by atoms with E-state index in [9.17, 15) is 0 Å². The Morgan fingerprint density at radius 1 is 0.444 bits per heavy atom. The van der Waals surface area contributed by atoms with Gasteiger partial charge >= 0.3 is 0 Å². The number of allylic oxidation sites excluding steroid dienone is 17. The predicted octanol–water partition coefficient (Wildman–Crippen LogP) is 38.3. The second-order valence-corrected chi connectivity index (χ2v) is 53.8. The van der Waals surface area contributed by atoms with Crippen molar-refractivity contribution >= 4 is 0 Å². The summed E-state index contributed by atoms with van der Waals surface area (Å²) in [4.78, 5) is 0. The first kappa shape index (κ1) is 98.6. The molecule has 126 heavy (non-hydrogen) atoms. The zero-order valence-corrected chi connectivity index (χ0v) is 87.2. The number of fused-ring (bicyclic) bond motifs is 9. The zero-order chi connectivity index (χ0) is 91.4. The average molecular weight is 1710 g/mol. The van der Waals surface area contributed by atoms with E-state index in [1.807, 2.05) is 0 Å². The molecule has 0 aromatic carbocycles. The molecule has 11 unspecified atom stereocenters. The maximum absolute atomic E-state index is 4.46. The minimum absolute atomic E-state index is 0.486. The van der Waals surface area contributed by atoms with Crippen molar-refractivity contribution in [3.8, 4) is 0 Å². The predicted molar refractivity (Wildman–Crippen MR) is 551 cm³/mol. The SMILES string of the molecule is C=C(C)[C@@H]1CCC2=CCC[C@@H](C)[C@]2(C)C1.C=C(C)[C@@]12CCC[C@@]3(C)C1CC[C@]3(C)C2.C=C(C)[C@H]1CC=C(C)CC1.C=C1C2CCC3(C2)[C@H](C(C)C)CC[C@]13C.C=C1C2CCC3C2C(C)(C)CCC[C@@]13C.C=C1CC/C=C(\C)CC[C@@H]2[C@@H]1CC2(C)C.C=C1CCC2CC2C2C(C)CCC12.C=C1CCCC[C@]12CC=C(C)CC2.C=C1CC[C@@H]2[C@H]([C@@H]3[C@H](C)CC[C@@H]13)C2(C)C. The molecule has 0 nitrogen and oxygen atoms in total. The normalized spacial score (nSPS) is 46.1. The van der Waals surface area contributed by atoms with Crippen LogP contribution in [0.5, 0.6) is 0 Å². The van der Waals surface area contributed by atoms with Crippen molar-refractivity contribution in [3.63, 3.8) is 0 Å². The standard InChI is InChI=1S/6C15H24.2C13H20.C10H16/c1-10(2)13-6-7-14(4)11(3)12-5-8-15(13,14)9-12;1-10-11-6-7-12-13(11)14(2,3)8-5-9-15(10,12)4;1-9-6-8-12-14(15(12,3)4)13-10(2)5-7-11(9)13;1-11(2)15-8-5-7-14(4)12(15)6-9-13(14,3)10-15;1-11-6-5-7-12(2)13-10-15(3,4)14(13)9-8-11;1-11(2)13-8-9-14-7-5-6-12(3)15(14,4)10-13;1-8-3-5-10-7-12(10)13-9(2)4-6-11(8)13;1-11-6-9-13(10-7-11)8-4-3-5-12(13)2;1-8(2)10-6-4-9(3)5-7-10/h10,12-13H,3,5-9H2,1-2,4H3;11-13H,1,5-9H2,2-4H3;10-14H,1,5-8H2,2-4H3;12H,1,5-10H2,2-4H3;6,13-14H,2,5,7-10H2,1,3-4H3;7,12-13H,1,5-6,8-10H2,2-4H3;9-13H,1,3-7H2,2H3;6H,2-5,7-10H2,1H3;4,10H,1,5-7H2,2-3H3/b;;;;11-6+;;;;/t12?,13-,14+,15?;11?,12?,13?,15-;10-,11+,12-,13-,14-;12?,13-,14+,15+;13-,14-;12-,13-,15+;;13-;10-/m001111.10/s1. The maximum Gasteiger partial charge on any atom is -0.00532 e. The van der Waals surface area contributed by atoms with Gasteiger partial charge in [-0.15, -0.1) is 0 Å². The summed E-state index contributed by atoms with van der Waals surface area (Å²) in [6.45, 7) is 91.8. The van der Waals surface area contributed by atoms with Crippen molar-refractivity contribution in [2.45, 2.75) is 441 Å². The minimum atomic E-state index is 0.486. The van der Waals surface area contributed by atoms with Gasteiger partial charge in [0.15, 0.2) is 0 Å². The second kappa shape index (κ2) is 37.7. The first-order valence-corrected chi connectivity index (χ1v) is 54.9. The van der Waals surface area contributed by atoms with Crippen LogP contribution in [0.25, 0.3) is 0 Å². The van der Waals surface area contributed by atoms with Gasteiger partial charge in [-0.25, -0.2) is 0 Å². The molecule has 0 radical (unpaired) electrons. The number of rotatable bonds is 4. The highest BCUT2D eigenvalue weighted by molar-refractivity contribution is 5.35. The van der Waals surface area contributed by atoms with Crippen molar-refractivity contribution < 1.29 is 0 Å². The quantitative estimate of drug-likeness (QED) is 0.246. The summed E-state index contributed by atoms with van der Waals surface area (Å²) in [5.74, 6) is 20.7. The van der Waals surface area contributed by atoms with E-state index in [0.717, 1.165) is 130 Å². The third-order valence-electron chi connectivity index (χ3n) is 45.7. The van der Waals surface area contributed by atoms with Crippen LogP contribution >= 0.6 is 0 Å². The second-order valence-electron chi connectivity index (χ2n) is 53.8. The van der Waals surface area contributed by atoms with E-state index in [1.165, 1.54) is 305 Å². The Morgan fingerprint density at radius 2 is 1.08 bits per heavy atom. The third kappa shape index (κ3) is 18.4. The molecule has 0 aromatic heterocycles. The van der Waals surface area contributed by atoms with Gasteiger partial charge in [0.05, 0.1) is 0 Å². The lowest BCUT2D eigenvalue weighted by atomic mass is 9.52. The Hall–Kier alpha value is -3.38. The lowest BCUT2D eigenvalue weighted by molar-refractivity contribution is 0.00384. The fraction of sp³-hybridized carbons (Fsp3) is 0.794. The van der Waals surface area contributed by atoms with Crippen LogP contribution in [0.1, 0.15) is 441 Å². The fourth-order valence-corrected chi connectivity index (χ4v) is 36.5. The summed E-state index contributed by atoms with van der Waals surface area (Å²) in [6.07, 6.45) is 72.3. The molecule has 0 heteroatoms. The van der Waals surface area contributed by atoms with E-state index in [1.54, 1.807) is 56.6 Å². The third-order valence-corrected chi connectivity index (χ3v) is 45.7. The topological polar surface area (TPSA) is 0 Å². The number of hydrogen-bond donors (Lipinski definition) is 0. The first-order valence-electron chi connectivity index (χ1n) is 54.9. The molecule has 29 atom stereocenters. The van der Waals surface area contributed by atoms with Crippen molar-refractivity contribution in [2.24, 2.45) is 190 Å². The van der Waals surface area contributed by atoms with Crippen molar-refractivity contribution in [3.05, 3.63) is 156 Å². The molecule has 704 valence electrons. The van der Waals surface area contributed by atoms with E-state index in [0.29, 0.717) is 59.6 Å². The minimum Gasteiger partial charge on any atom is -0.0999 e. The van der Waals surface area contributed by atoms with Crippen LogP contribution in [0.15, 0.2) is 156 Å². The molecule has 18 fully saturated rings. The van der Waals surface area contributed by atoms with Gasteiger partial charge in [-0.05, 0) is 501 Å². The summed E-state index contributed by atoms with van der Waals surface area (Å²) in [6, 6.07) is 0. The van der Waals surface area contributed by atoms with Crippen LogP contribution in [-0.2, 0) is 0 Å². The molecule has 2 spiro atoms. The lowest BCUT2D eigenvalue weighted by Gasteiger charge is -2.53. The van der Waals surface area contributed by atoms with Gasteiger partial charge in [0, 0.05) is 0 Å². The molecule has 0 N–H and O–H groups in total. The van der Waals surface area contributed by atoms with Crippen LogP contribution < -0.4 is 0 Å². The van der Waals surface area contributed by atoms with Gasteiger partial charge in [-0.1, -0.05) is 286 Å². The Kier molecular flexibility index (Phi) is 29.5. The van der Waals surface area contributed by atoms with Gasteiger partial charge in [0.25, 0.3) is 0 Å². The van der Waals surface area contributed by atoms with E-state index >= 15 is 0 Å². The zero-order valence-electron chi connectivity index (χ0n) is 87.2.